The number of benzene rings is 2. The standard InChI is InChI=1S/C25H24F4N2O3/c1-2-23(32)30-10-8-17(9-11-30)24(33)31-12-7-16-3-4-19(13-18(16)15-31)34-20-5-6-21(22(26)14-20)25(27,28)29/h2-6,13-14,17H,1,7-12,15H2. The number of hydrogen-bond donors (Lipinski definition) is 0. The third kappa shape index (κ3) is 5.08. The minimum Gasteiger partial charge on any atom is -0.457 e. The molecule has 0 atom stereocenters. The van der Waals surface area contributed by atoms with Crippen molar-refractivity contribution in [2.45, 2.75) is 32.0 Å². The molecule has 0 aromatic heterocycles. The highest BCUT2D eigenvalue weighted by molar-refractivity contribution is 5.87. The van der Waals surface area contributed by atoms with Gasteiger partial charge >= 0.3 is 6.18 Å². The molecular weight excluding hydrogens is 452 g/mol. The summed E-state index contributed by atoms with van der Waals surface area (Å²) < 4.78 is 57.8. The predicted molar refractivity (Wildman–Crippen MR) is 117 cm³/mol. The van der Waals surface area contributed by atoms with Crippen molar-refractivity contribution in [3.8, 4) is 11.5 Å². The van der Waals surface area contributed by atoms with Crippen LogP contribution in [-0.4, -0.2) is 41.2 Å². The number of carbonyl (C=O) groups is 2. The Kier molecular flexibility index (Phi) is 6.63. The highest BCUT2D eigenvalue weighted by Gasteiger charge is 2.34. The van der Waals surface area contributed by atoms with E-state index in [0.717, 1.165) is 17.2 Å². The number of hydrogen-bond acceptors (Lipinski definition) is 3. The zero-order valence-electron chi connectivity index (χ0n) is 18.4. The van der Waals surface area contributed by atoms with Crippen molar-refractivity contribution in [3.05, 3.63) is 71.6 Å². The summed E-state index contributed by atoms with van der Waals surface area (Å²) >= 11 is 0. The highest BCUT2D eigenvalue weighted by atomic mass is 19.4. The molecule has 0 aliphatic carbocycles. The second-order valence-electron chi connectivity index (χ2n) is 8.49. The van der Waals surface area contributed by atoms with Crippen LogP contribution in [0, 0.1) is 11.7 Å². The smallest absolute Gasteiger partial charge is 0.419 e. The fraction of sp³-hybridized carbons (Fsp3) is 0.360. The van der Waals surface area contributed by atoms with Gasteiger partial charge in [0.15, 0.2) is 0 Å². The van der Waals surface area contributed by atoms with Crippen molar-refractivity contribution in [2.75, 3.05) is 19.6 Å². The molecule has 2 aromatic carbocycles. The molecule has 5 nitrogen and oxygen atoms in total. The number of halogens is 4. The molecule has 0 N–H and O–H groups in total. The molecule has 0 saturated carbocycles. The molecule has 2 heterocycles. The second kappa shape index (κ2) is 9.48. The molecule has 1 fully saturated rings. The molecule has 0 unspecified atom stereocenters. The van der Waals surface area contributed by atoms with Crippen LogP contribution in [0.15, 0.2) is 49.1 Å². The number of nitrogens with zero attached hydrogens (tertiary/aromatic N) is 2. The van der Waals surface area contributed by atoms with Crippen LogP contribution in [0.4, 0.5) is 17.6 Å². The molecule has 4 rings (SSSR count). The summed E-state index contributed by atoms with van der Waals surface area (Å²) in [6.07, 6.45) is -1.62. The Labute approximate surface area is 194 Å². The Balaban J connectivity index is 1.42. The quantitative estimate of drug-likeness (QED) is 0.464. The first-order valence-electron chi connectivity index (χ1n) is 11.0. The summed E-state index contributed by atoms with van der Waals surface area (Å²) in [6, 6.07) is 7.70. The average Bonchev–Trinajstić information content (AvgIpc) is 2.82. The summed E-state index contributed by atoms with van der Waals surface area (Å²) in [5.74, 6) is -1.32. The van der Waals surface area contributed by atoms with Gasteiger partial charge in [0.1, 0.15) is 17.3 Å². The van der Waals surface area contributed by atoms with Gasteiger partial charge in [0.05, 0.1) is 5.56 Å². The summed E-state index contributed by atoms with van der Waals surface area (Å²) in [5.41, 5.74) is 0.587. The van der Waals surface area contributed by atoms with Gasteiger partial charge in [-0.05, 0) is 60.7 Å². The van der Waals surface area contributed by atoms with Gasteiger partial charge in [0.25, 0.3) is 0 Å². The summed E-state index contributed by atoms with van der Waals surface area (Å²) in [6.45, 7) is 5.51. The largest absolute Gasteiger partial charge is 0.457 e. The normalized spacial score (nSPS) is 16.7. The van der Waals surface area contributed by atoms with Crippen molar-refractivity contribution in [1.82, 2.24) is 9.80 Å². The Morgan fingerprint density at radius 3 is 2.29 bits per heavy atom. The van der Waals surface area contributed by atoms with E-state index >= 15 is 0 Å². The number of fused-ring (bicyclic) bond motifs is 1. The van der Waals surface area contributed by atoms with Crippen molar-refractivity contribution in [1.29, 1.82) is 0 Å². The van der Waals surface area contributed by atoms with Gasteiger partial charge in [-0.3, -0.25) is 9.59 Å². The molecule has 1 saturated heterocycles. The summed E-state index contributed by atoms with van der Waals surface area (Å²) in [4.78, 5) is 28.3. The Bertz CT molecular complexity index is 1110. The average molecular weight is 476 g/mol. The lowest BCUT2D eigenvalue weighted by molar-refractivity contribution is -0.140. The first kappa shape index (κ1) is 23.8. The van der Waals surface area contributed by atoms with Crippen molar-refractivity contribution < 1.29 is 31.9 Å². The molecule has 0 bridgehead atoms. The van der Waals surface area contributed by atoms with Gasteiger partial charge in [-0.2, -0.15) is 13.2 Å². The maximum absolute atomic E-state index is 13.9. The molecule has 0 radical (unpaired) electrons. The second-order valence-corrected chi connectivity index (χ2v) is 8.49. The lowest BCUT2D eigenvalue weighted by Crippen LogP contribution is -2.45. The zero-order chi connectivity index (χ0) is 24.5. The maximum atomic E-state index is 13.9. The van der Waals surface area contributed by atoms with Gasteiger partial charge in [0, 0.05) is 38.2 Å². The van der Waals surface area contributed by atoms with Crippen molar-refractivity contribution in [2.24, 2.45) is 5.92 Å². The van der Waals surface area contributed by atoms with Gasteiger partial charge < -0.3 is 14.5 Å². The van der Waals surface area contributed by atoms with E-state index in [1.165, 1.54) is 6.08 Å². The SMILES string of the molecule is C=CC(=O)N1CCC(C(=O)N2CCc3ccc(Oc4ccc(C(F)(F)F)c(F)c4)cc3C2)CC1. The molecule has 34 heavy (non-hydrogen) atoms. The van der Waals surface area contributed by atoms with E-state index in [9.17, 15) is 27.2 Å². The third-order valence-corrected chi connectivity index (χ3v) is 6.31. The minimum absolute atomic E-state index is 0.0463. The van der Waals surface area contributed by atoms with Crippen LogP contribution < -0.4 is 4.74 Å². The van der Waals surface area contributed by atoms with E-state index < -0.39 is 17.6 Å². The van der Waals surface area contributed by atoms with E-state index in [0.29, 0.717) is 63.3 Å². The van der Waals surface area contributed by atoms with Crippen LogP contribution in [-0.2, 0) is 28.7 Å². The molecule has 180 valence electrons. The van der Waals surface area contributed by atoms with Crippen LogP contribution in [0.5, 0.6) is 11.5 Å². The van der Waals surface area contributed by atoms with Crippen LogP contribution in [0.2, 0.25) is 0 Å². The van der Waals surface area contributed by atoms with E-state index in [-0.39, 0.29) is 23.5 Å². The fourth-order valence-electron chi connectivity index (χ4n) is 4.44. The van der Waals surface area contributed by atoms with Crippen LogP contribution in [0.3, 0.4) is 0 Å². The van der Waals surface area contributed by atoms with Gasteiger partial charge in [-0.15, -0.1) is 0 Å². The maximum Gasteiger partial charge on any atom is 0.419 e. The minimum atomic E-state index is -4.78. The van der Waals surface area contributed by atoms with Crippen LogP contribution in [0.1, 0.15) is 29.5 Å². The molecule has 2 amide bonds. The van der Waals surface area contributed by atoms with Crippen molar-refractivity contribution in [3.63, 3.8) is 0 Å². The molecule has 2 aliphatic rings. The zero-order valence-corrected chi connectivity index (χ0v) is 18.4. The molecule has 0 spiro atoms. The van der Waals surface area contributed by atoms with Crippen molar-refractivity contribution >= 4 is 11.8 Å². The monoisotopic (exact) mass is 476 g/mol. The van der Waals surface area contributed by atoms with E-state index in [1.807, 2.05) is 6.07 Å². The van der Waals surface area contributed by atoms with Gasteiger partial charge in [-0.1, -0.05) is 12.6 Å². The lowest BCUT2D eigenvalue weighted by Gasteiger charge is -2.36. The topological polar surface area (TPSA) is 49.9 Å². The van der Waals surface area contributed by atoms with E-state index in [2.05, 4.69) is 6.58 Å². The van der Waals surface area contributed by atoms with E-state index in [1.54, 1.807) is 21.9 Å². The number of alkyl halides is 3. The molecule has 9 heteroatoms. The van der Waals surface area contributed by atoms with Crippen LogP contribution >= 0.6 is 0 Å². The van der Waals surface area contributed by atoms with Gasteiger partial charge in [0.2, 0.25) is 11.8 Å². The Morgan fingerprint density at radius 1 is 0.971 bits per heavy atom. The fourth-order valence-corrected chi connectivity index (χ4v) is 4.44. The first-order valence-corrected chi connectivity index (χ1v) is 11.0. The number of amides is 2. The van der Waals surface area contributed by atoms with Gasteiger partial charge in [-0.25, -0.2) is 4.39 Å². The number of likely N-dealkylation sites (tertiary alicyclic amines) is 1. The predicted octanol–water partition coefficient (Wildman–Crippen LogP) is 4.95. The number of piperidine rings is 1. The highest BCUT2D eigenvalue weighted by Crippen LogP contribution is 2.34. The third-order valence-electron chi connectivity index (χ3n) is 6.31. The Morgan fingerprint density at radius 2 is 1.65 bits per heavy atom. The Hall–Kier alpha value is -3.36. The number of rotatable bonds is 4. The summed E-state index contributed by atoms with van der Waals surface area (Å²) in [7, 11) is 0. The number of carbonyl (C=O) groups excluding carboxylic acids is 2. The first-order chi connectivity index (χ1) is 16.2. The van der Waals surface area contributed by atoms with E-state index in [4.69, 9.17) is 4.74 Å². The lowest BCUT2D eigenvalue weighted by atomic mass is 9.93. The molecule has 2 aromatic rings. The molecule has 2 aliphatic heterocycles. The summed E-state index contributed by atoms with van der Waals surface area (Å²) in [5, 5.41) is 0. The molecular formula is C25H24F4N2O3. The van der Waals surface area contributed by atoms with Crippen LogP contribution in [0.25, 0.3) is 0 Å². The number of ether oxygens (including phenoxy) is 1.